The van der Waals surface area contributed by atoms with Crippen molar-refractivity contribution in [1.29, 1.82) is 0 Å². The van der Waals surface area contributed by atoms with Crippen molar-refractivity contribution in [2.24, 2.45) is 0 Å². The van der Waals surface area contributed by atoms with Gasteiger partial charge in [-0.05, 0) is 64.4 Å². The molecule has 0 fully saturated rings. The van der Waals surface area contributed by atoms with E-state index in [4.69, 9.17) is 9.72 Å². The van der Waals surface area contributed by atoms with Crippen molar-refractivity contribution in [3.8, 4) is 67.4 Å². The molecule has 0 saturated heterocycles. The second-order valence-corrected chi connectivity index (χ2v) is 28.0. The molecule has 0 saturated carbocycles. The Morgan fingerprint density at radius 3 is 1.54 bits per heavy atom. The molecule has 0 N–H and O–H groups in total. The van der Waals surface area contributed by atoms with Gasteiger partial charge in [0.15, 0.2) is 0 Å². The molecule has 14 aromatic rings. The van der Waals surface area contributed by atoms with Gasteiger partial charge in [0.2, 0.25) is 0 Å². The van der Waals surface area contributed by atoms with E-state index in [2.05, 4.69) is 384 Å². The number of nitrogens with zero attached hydrogens (tertiary/aromatic N) is 5. The summed E-state index contributed by atoms with van der Waals surface area (Å²) in [7, 11) is 0. The van der Waals surface area contributed by atoms with Crippen LogP contribution < -0.4 is 14.5 Å². The number of aromatic nitrogens is 3. The van der Waals surface area contributed by atoms with Crippen LogP contribution in [0.2, 0.25) is 0 Å². The van der Waals surface area contributed by atoms with Gasteiger partial charge in [0.25, 0.3) is 0 Å². The van der Waals surface area contributed by atoms with Gasteiger partial charge in [-0.3, -0.25) is 0 Å². The van der Waals surface area contributed by atoms with Gasteiger partial charge in [-0.25, -0.2) is 0 Å². The second-order valence-electron chi connectivity index (χ2n) is 26.9. The van der Waals surface area contributed by atoms with Crippen LogP contribution in [0.4, 0.5) is 34.3 Å². The Balaban J connectivity index is 0.919. The maximum atomic E-state index is 7.54. The number of hydrogen-bond donors (Lipinski definition) is 0. The number of hydrogen-bond acceptors (Lipinski definition) is 4. The van der Waals surface area contributed by atoms with Crippen molar-refractivity contribution in [1.82, 2.24) is 14.1 Å². The number of benzene rings is 12. The molecule has 2 aliphatic heterocycles. The number of rotatable bonds is 10. The fourth-order valence-electron chi connectivity index (χ4n) is 14.5. The van der Waals surface area contributed by atoms with Gasteiger partial charge in [0, 0.05) is 28.8 Å². The Kier molecular flexibility index (Phi) is 14.6. The smallest absolute Gasteiger partial charge is 0.310 e. The van der Waals surface area contributed by atoms with Crippen LogP contribution in [-0.2, 0) is 35.6 Å². The molecule has 4 heterocycles. The van der Waals surface area contributed by atoms with Crippen molar-refractivity contribution in [3.63, 3.8) is 0 Å². The Bertz CT molecular complexity index is 5230. The summed E-state index contributed by atoms with van der Waals surface area (Å²) in [5.74, 6) is 1.96. The van der Waals surface area contributed by atoms with Crippen molar-refractivity contribution < 1.29 is 24.1 Å². The molecule has 7 heteroatoms. The van der Waals surface area contributed by atoms with E-state index in [1.54, 1.807) is 0 Å². The summed E-state index contributed by atoms with van der Waals surface area (Å²) in [5, 5.41) is 0. The minimum absolute atomic E-state index is 0.188. The average molecular weight is 1410 g/mol. The molecule has 0 bridgehead atoms. The zero-order chi connectivity index (χ0) is 64.7. The SMILES string of the molecule is Cc1cc(N2c3[c-]c(Oc4[c-]c(-n5[c](=[Pt])n(-c6c(-c7ccccc7)cccc6-c6ccccc6)c6ccccc65)ccc4)c(C(C)(C)C)cc3C3(c4cc(C(C)(C)C)ccc42)c2ccccc2N(c2ccccc2)c2ccccc23)ncc1-c1ccc(-c2ccccc2)cc1. The quantitative estimate of drug-likeness (QED) is 0.128. The summed E-state index contributed by atoms with van der Waals surface area (Å²) in [6.45, 7) is 16.0. The predicted molar refractivity (Wildman–Crippen MR) is 387 cm³/mol. The van der Waals surface area contributed by atoms with Crippen LogP contribution in [-0.4, -0.2) is 14.1 Å². The Morgan fingerprint density at radius 2 is 0.937 bits per heavy atom. The number of fused-ring (bicyclic) bond motifs is 9. The number of ether oxygens (including phenoxy) is 1. The molecular formula is C88H69N5OPt-2. The monoisotopic (exact) mass is 1410 g/mol. The molecule has 0 atom stereocenters. The summed E-state index contributed by atoms with van der Waals surface area (Å²) < 4.78 is 13.2. The van der Waals surface area contributed by atoms with Crippen LogP contribution in [0.5, 0.6) is 11.5 Å². The first-order valence-electron chi connectivity index (χ1n) is 32.6. The summed E-state index contributed by atoms with van der Waals surface area (Å²) in [5.41, 5.74) is 24.7. The van der Waals surface area contributed by atoms with Gasteiger partial charge in [-0.1, -0.05) is 142 Å². The van der Waals surface area contributed by atoms with E-state index in [0.29, 0.717) is 11.5 Å². The van der Waals surface area contributed by atoms with Crippen LogP contribution in [0.15, 0.2) is 291 Å². The average Bonchev–Trinajstić information content (AvgIpc) is 1.20. The number of para-hydroxylation sites is 6. The minimum atomic E-state index is -0.876. The molecule has 6 nitrogen and oxygen atoms in total. The van der Waals surface area contributed by atoms with Crippen molar-refractivity contribution in [3.05, 3.63) is 346 Å². The zero-order valence-electron chi connectivity index (χ0n) is 54.2. The maximum absolute atomic E-state index is 7.54. The predicted octanol–water partition coefficient (Wildman–Crippen LogP) is 22.8. The van der Waals surface area contributed by atoms with E-state index in [9.17, 15) is 0 Å². The van der Waals surface area contributed by atoms with E-state index >= 15 is 0 Å². The molecule has 12 aromatic carbocycles. The van der Waals surface area contributed by atoms with E-state index in [-0.39, 0.29) is 5.41 Å². The Morgan fingerprint density at radius 1 is 0.421 bits per heavy atom. The molecule has 16 rings (SSSR count). The molecule has 464 valence electrons. The van der Waals surface area contributed by atoms with Crippen molar-refractivity contribution in [2.45, 2.75) is 64.7 Å². The standard InChI is InChI=1S/C88H69N5O.Pt/c1-59-52-84(89-57-71(59)64-48-46-61(47-49-64)60-28-12-8-13-29-60)93-79-51-50-65(86(2,3)4)53-74(79)88(72-40-20-22-42-77(72)92(66-34-18-11-19-35-66)78-43-23-21-41-73(78)88)75-55-76(87(5,6)7)83(56-82(75)93)94-68-37-26-36-67(54-68)90-58-91(81-45-25-24-44-80(81)90)85-69(62-30-14-9-15-31-62)38-27-39-70(85)63-32-16-10-17-33-63;/h8-53,55,57H,1-7H3;/q-2;. The minimum Gasteiger partial charge on any atom is -0.310 e. The van der Waals surface area contributed by atoms with Gasteiger partial charge in [0.05, 0.1) is 0 Å². The third kappa shape index (κ3) is 10.0. The first-order chi connectivity index (χ1) is 46.2. The summed E-state index contributed by atoms with van der Waals surface area (Å²) in [6, 6.07) is 111. The molecule has 0 amide bonds. The van der Waals surface area contributed by atoms with Gasteiger partial charge in [0.1, 0.15) is 0 Å². The van der Waals surface area contributed by atoms with E-state index in [1.165, 1.54) is 33.4 Å². The van der Waals surface area contributed by atoms with Crippen LogP contribution in [0, 0.1) is 22.9 Å². The molecule has 0 radical (unpaired) electrons. The van der Waals surface area contributed by atoms with Crippen molar-refractivity contribution in [2.75, 3.05) is 9.80 Å². The molecule has 0 aliphatic carbocycles. The first-order valence-corrected chi connectivity index (χ1v) is 33.7. The van der Waals surface area contributed by atoms with Gasteiger partial charge in [-0.15, -0.1) is 0 Å². The molecule has 0 unspecified atom stereocenters. The van der Waals surface area contributed by atoms with Gasteiger partial charge < -0.3 is 4.90 Å². The van der Waals surface area contributed by atoms with Crippen LogP contribution in [0.3, 0.4) is 0 Å². The number of pyridine rings is 1. The topological polar surface area (TPSA) is 38.5 Å². The normalized spacial score (nSPS) is 13.1. The first kappa shape index (κ1) is 59.4. The zero-order valence-corrected chi connectivity index (χ0v) is 56.4. The summed E-state index contributed by atoms with van der Waals surface area (Å²) in [4.78, 5) is 10.3. The number of aryl methyl sites for hydroxylation is 1. The van der Waals surface area contributed by atoms with Crippen LogP contribution in [0.25, 0.3) is 66.9 Å². The van der Waals surface area contributed by atoms with Crippen LogP contribution >= 0.6 is 0 Å². The fraction of sp³-hybridized carbons (Fsp3) is 0.114. The third-order valence-electron chi connectivity index (χ3n) is 19.0. The number of anilines is 6. The Hall–Kier alpha value is -10.7. The van der Waals surface area contributed by atoms with E-state index in [1.807, 2.05) is 6.07 Å². The number of imidazole rings is 1. The van der Waals surface area contributed by atoms with Crippen LogP contribution in [0.1, 0.15) is 80.5 Å². The van der Waals surface area contributed by atoms with E-state index in [0.717, 1.165) is 111 Å². The second kappa shape index (κ2) is 23.4. The Labute approximate surface area is 567 Å². The fourth-order valence-corrected chi connectivity index (χ4v) is 15.6. The summed E-state index contributed by atoms with van der Waals surface area (Å²) >= 11 is 2.52. The molecule has 1 spiro atoms. The van der Waals surface area contributed by atoms with Gasteiger partial charge >= 0.3 is 331 Å². The van der Waals surface area contributed by atoms with E-state index < -0.39 is 10.8 Å². The molecular weight excluding hydrogens is 1340 g/mol. The van der Waals surface area contributed by atoms with Gasteiger partial charge in [-0.2, -0.15) is 0 Å². The molecule has 2 aliphatic rings. The molecule has 95 heavy (non-hydrogen) atoms. The van der Waals surface area contributed by atoms with Crippen molar-refractivity contribution >= 4 is 45.3 Å². The molecule has 2 aromatic heterocycles. The third-order valence-corrected chi connectivity index (χ3v) is 20.1. The summed E-state index contributed by atoms with van der Waals surface area (Å²) in [6.07, 6.45) is 2.05.